The standard InChI is InChI=1S/C17H23N3/c1-12-8-9-15(10-13(12)2)20-17(18)11-16(19-20)14-6-4-3-5-7-14/h8-11,14H,3-7,18H2,1-2H3. The lowest BCUT2D eigenvalue weighted by atomic mass is 9.87. The largest absolute Gasteiger partial charge is 0.384 e. The summed E-state index contributed by atoms with van der Waals surface area (Å²) in [5, 5.41) is 4.77. The van der Waals surface area contributed by atoms with E-state index in [9.17, 15) is 0 Å². The molecule has 3 heteroatoms. The Morgan fingerprint density at radius 2 is 1.80 bits per heavy atom. The van der Waals surface area contributed by atoms with Crippen molar-refractivity contribution in [2.24, 2.45) is 0 Å². The molecule has 3 rings (SSSR count). The smallest absolute Gasteiger partial charge is 0.127 e. The molecule has 0 unspecified atom stereocenters. The van der Waals surface area contributed by atoms with E-state index in [1.54, 1.807) is 0 Å². The molecule has 106 valence electrons. The molecule has 1 aliphatic rings. The number of rotatable bonds is 2. The van der Waals surface area contributed by atoms with Crippen LogP contribution in [0.1, 0.15) is 54.8 Å². The maximum absolute atomic E-state index is 6.17. The van der Waals surface area contributed by atoms with Gasteiger partial charge in [0.1, 0.15) is 5.82 Å². The molecule has 3 nitrogen and oxygen atoms in total. The van der Waals surface area contributed by atoms with E-state index in [1.807, 2.05) is 4.68 Å². The molecule has 2 aromatic rings. The van der Waals surface area contributed by atoms with Crippen LogP contribution in [0.2, 0.25) is 0 Å². The molecule has 1 aliphatic carbocycles. The molecule has 20 heavy (non-hydrogen) atoms. The van der Waals surface area contributed by atoms with Crippen LogP contribution < -0.4 is 5.73 Å². The van der Waals surface area contributed by atoms with Crippen LogP contribution in [-0.4, -0.2) is 9.78 Å². The average Bonchev–Trinajstić information content (AvgIpc) is 2.85. The second-order valence-corrected chi connectivity index (χ2v) is 6.01. The number of aromatic nitrogens is 2. The van der Waals surface area contributed by atoms with Gasteiger partial charge in [-0.25, -0.2) is 4.68 Å². The van der Waals surface area contributed by atoms with Crippen LogP contribution in [0.15, 0.2) is 24.3 Å². The van der Waals surface area contributed by atoms with Gasteiger partial charge < -0.3 is 5.73 Å². The van der Waals surface area contributed by atoms with Gasteiger partial charge in [0.2, 0.25) is 0 Å². The average molecular weight is 269 g/mol. The van der Waals surface area contributed by atoms with Crippen molar-refractivity contribution in [3.05, 3.63) is 41.1 Å². The van der Waals surface area contributed by atoms with Crippen LogP contribution in [0.5, 0.6) is 0 Å². The zero-order valence-electron chi connectivity index (χ0n) is 12.4. The van der Waals surface area contributed by atoms with E-state index >= 15 is 0 Å². The fourth-order valence-electron chi connectivity index (χ4n) is 3.08. The van der Waals surface area contributed by atoms with Gasteiger partial charge in [-0.2, -0.15) is 5.10 Å². The number of nitrogens with zero attached hydrogens (tertiary/aromatic N) is 2. The van der Waals surface area contributed by atoms with E-state index in [4.69, 9.17) is 10.8 Å². The van der Waals surface area contributed by atoms with E-state index in [0.29, 0.717) is 5.92 Å². The predicted octanol–water partition coefficient (Wildman–Crippen LogP) is 4.12. The minimum atomic E-state index is 0.596. The summed E-state index contributed by atoms with van der Waals surface area (Å²) in [6.45, 7) is 4.25. The summed E-state index contributed by atoms with van der Waals surface area (Å²) in [7, 11) is 0. The van der Waals surface area contributed by atoms with Gasteiger partial charge >= 0.3 is 0 Å². The molecule has 1 fully saturated rings. The fourth-order valence-corrected chi connectivity index (χ4v) is 3.08. The summed E-state index contributed by atoms with van der Waals surface area (Å²) >= 11 is 0. The molecule has 0 amide bonds. The fraction of sp³-hybridized carbons (Fsp3) is 0.471. The molecule has 1 saturated carbocycles. The summed E-state index contributed by atoms with van der Waals surface area (Å²) < 4.78 is 1.89. The van der Waals surface area contributed by atoms with Crippen molar-refractivity contribution in [3.63, 3.8) is 0 Å². The highest BCUT2D eigenvalue weighted by atomic mass is 15.3. The third-order valence-corrected chi connectivity index (χ3v) is 4.51. The molecule has 2 N–H and O–H groups in total. The zero-order chi connectivity index (χ0) is 14.1. The van der Waals surface area contributed by atoms with Crippen molar-refractivity contribution in [2.45, 2.75) is 51.9 Å². The Kier molecular flexibility index (Phi) is 3.51. The number of anilines is 1. The molecule has 0 spiro atoms. The Morgan fingerprint density at radius 1 is 1.05 bits per heavy atom. The molecule has 0 bridgehead atoms. The van der Waals surface area contributed by atoms with Crippen molar-refractivity contribution in [3.8, 4) is 5.69 Å². The van der Waals surface area contributed by atoms with E-state index in [0.717, 1.165) is 11.5 Å². The van der Waals surface area contributed by atoms with Crippen molar-refractivity contribution >= 4 is 5.82 Å². The van der Waals surface area contributed by atoms with Crippen LogP contribution >= 0.6 is 0 Å². The monoisotopic (exact) mass is 269 g/mol. The molecular formula is C17H23N3. The Labute approximate surface area is 120 Å². The van der Waals surface area contributed by atoms with Gasteiger partial charge in [0.15, 0.2) is 0 Å². The highest BCUT2D eigenvalue weighted by Crippen LogP contribution is 2.33. The van der Waals surface area contributed by atoms with Crippen molar-refractivity contribution in [2.75, 3.05) is 5.73 Å². The maximum Gasteiger partial charge on any atom is 0.127 e. The first-order valence-electron chi connectivity index (χ1n) is 7.58. The third-order valence-electron chi connectivity index (χ3n) is 4.51. The van der Waals surface area contributed by atoms with Crippen LogP contribution in [0.25, 0.3) is 5.69 Å². The number of nitrogen functional groups attached to an aromatic ring is 1. The van der Waals surface area contributed by atoms with Crippen molar-refractivity contribution in [1.29, 1.82) is 0 Å². The predicted molar refractivity (Wildman–Crippen MR) is 83.3 cm³/mol. The van der Waals surface area contributed by atoms with Gasteiger partial charge in [-0.05, 0) is 49.9 Å². The lowest BCUT2D eigenvalue weighted by molar-refractivity contribution is 0.435. The van der Waals surface area contributed by atoms with Crippen molar-refractivity contribution < 1.29 is 0 Å². The highest BCUT2D eigenvalue weighted by molar-refractivity contribution is 5.46. The van der Waals surface area contributed by atoms with Gasteiger partial charge in [0.25, 0.3) is 0 Å². The van der Waals surface area contributed by atoms with Gasteiger partial charge in [0.05, 0.1) is 11.4 Å². The van der Waals surface area contributed by atoms with E-state index < -0.39 is 0 Å². The molecule has 1 aromatic heterocycles. The number of aryl methyl sites for hydroxylation is 2. The SMILES string of the molecule is Cc1ccc(-n2nc(C3CCCCC3)cc2N)cc1C. The number of hydrogen-bond acceptors (Lipinski definition) is 2. The summed E-state index contributed by atoms with van der Waals surface area (Å²) in [5.41, 5.74) is 11.0. The maximum atomic E-state index is 6.17. The second kappa shape index (κ2) is 5.31. The Bertz CT molecular complexity index is 607. The molecule has 0 radical (unpaired) electrons. The van der Waals surface area contributed by atoms with Crippen LogP contribution in [0.4, 0.5) is 5.82 Å². The topological polar surface area (TPSA) is 43.8 Å². The van der Waals surface area contributed by atoms with Crippen LogP contribution in [-0.2, 0) is 0 Å². The minimum absolute atomic E-state index is 0.596. The molecular weight excluding hydrogens is 246 g/mol. The summed E-state index contributed by atoms with van der Waals surface area (Å²) in [6, 6.07) is 8.44. The first-order valence-corrected chi connectivity index (χ1v) is 7.58. The van der Waals surface area contributed by atoms with Gasteiger partial charge in [-0.15, -0.1) is 0 Å². The number of nitrogens with two attached hydrogens (primary N) is 1. The zero-order valence-corrected chi connectivity index (χ0v) is 12.4. The van der Waals surface area contributed by atoms with Gasteiger partial charge in [-0.3, -0.25) is 0 Å². The highest BCUT2D eigenvalue weighted by Gasteiger charge is 2.19. The summed E-state index contributed by atoms with van der Waals surface area (Å²) in [4.78, 5) is 0. The van der Waals surface area contributed by atoms with E-state index in [-0.39, 0.29) is 0 Å². The molecule has 0 atom stereocenters. The van der Waals surface area contributed by atoms with Crippen LogP contribution in [0, 0.1) is 13.8 Å². The Hall–Kier alpha value is -1.77. The Morgan fingerprint density at radius 3 is 2.50 bits per heavy atom. The van der Waals surface area contributed by atoms with E-state index in [2.05, 4.69) is 38.1 Å². The van der Waals surface area contributed by atoms with Crippen molar-refractivity contribution in [1.82, 2.24) is 9.78 Å². The van der Waals surface area contributed by atoms with Gasteiger partial charge in [-0.1, -0.05) is 25.3 Å². The summed E-state index contributed by atoms with van der Waals surface area (Å²) in [6.07, 6.45) is 6.51. The first-order chi connectivity index (χ1) is 9.65. The van der Waals surface area contributed by atoms with E-state index in [1.165, 1.54) is 48.9 Å². The molecule has 0 saturated heterocycles. The number of benzene rings is 1. The lowest BCUT2D eigenvalue weighted by Gasteiger charge is -2.19. The lowest BCUT2D eigenvalue weighted by Crippen LogP contribution is -2.06. The quantitative estimate of drug-likeness (QED) is 0.891. The molecule has 0 aliphatic heterocycles. The first kappa shape index (κ1) is 13.2. The number of hydrogen-bond donors (Lipinski definition) is 1. The molecule has 1 heterocycles. The van der Waals surface area contributed by atoms with Crippen LogP contribution in [0.3, 0.4) is 0 Å². The Balaban J connectivity index is 1.93. The summed E-state index contributed by atoms with van der Waals surface area (Å²) in [5.74, 6) is 1.34. The van der Waals surface area contributed by atoms with Gasteiger partial charge in [0, 0.05) is 12.0 Å². The third kappa shape index (κ3) is 2.45. The minimum Gasteiger partial charge on any atom is -0.384 e. The molecule has 1 aromatic carbocycles. The second-order valence-electron chi connectivity index (χ2n) is 6.01. The normalized spacial score (nSPS) is 16.5.